The molecule has 2 aromatic heterocycles. The van der Waals surface area contributed by atoms with Crippen LogP contribution < -0.4 is 10.1 Å². The summed E-state index contributed by atoms with van der Waals surface area (Å²) in [5, 5.41) is 2.79. The summed E-state index contributed by atoms with van der Waals surface area (Å²) in [6, 6.07) is 16.4. The molecule has 4 rings (SSSR count). The number of amides is 1. The molecular weight excluding hydrogens is 440 g/mol. The first kappa shape index (κ1) is 22.5. The van der Waals surface area contributed by atoms with E-state index in [-0.39, 0.29) is 18.2 Å². The van der Waals surface area contributed by atoms with Crippen molar-refractivity contribution in [2.24, 2.45) is 0 Å². The van der Waals surface area contributed by atoms with E-state index >= 15 is 0 Å². The highest BCUT2D eigenvalue weighted by Gasteiger charge is 2.17. The number of aryl methyl sites for hydroxylation is 2. The Labute approximate surface area is 192 Å². The third-order valence-electron chi connectivity index (χ3n) is 5.15. The molecule has 1 amide bonds. The van der Waals surface area contributed by atoms with Crippen LogP contribution in [0.4, 0.5) is 5.69 Å². The van der Waals surface area contributed by atoms with E-state index in [1.807, 2.05) is 50.2 Å². The highest BCUT2D eigenvalue weighted by molar-refractivity contribution is 7.89. The fraction of sp³-hybridized carbons (Fsp3) is 0.208. The zero-order valence-corrected chi connectivity index (χ0v) is 19.4. The van der Waals surface area contributed by atoms with Crippen molar-refractivity contribution >= 4 is 32.5 Å². The molecule has 0 aliphatic rings. The van der Waals surface area contributed by atoms with Gasteiger partial charge in [0, 0.05) is 12.3 Å². The van der Waals surface area contributed by atoms with Crippen LogP contribution in [0.25, 0.3) is 11.0 Å². The van der Waals surface area contributed by atoms with Gasteiger partial charge in [-0.1, -0.05) is 18.2 Å². The molecule has 0 aliphatic heterocycles. The molecule has 9 heteroatoms. The summed E-state index contributed by atoms with van der Waals surface area (Å²) in [7, 11) is -3.32. The molecule has 8 nitrogen and oxygen atoms in total. The molecule has 0 spiro atoms. The van der Waals surface area contributed by atoms with Crippen molar-refractivity contribution in [2.75, 3.05) is 11.6 Å². The Kier molecular flexibility index (Phi) is 6.15. The van der Waals surface area contributed by atoms with Crippen LogP contribution in [0, 0.1) is 13.8 Å². The van der Waals surface area contributed by atoms with Crippen LogP contribution in [0.1, 0.15) is 17.0 Å². The van der Waals surface area contributed by atoms with E-state index in [0.29, 0.717) is 34.2 Å². The summed E-state index contributed by atoms with van der Waals surface area (Å²) in [4.78, 5) is 21.4. The molecule has 2 heterocycles. The van der Waals surface area contributed by atoms with Gasteiger partial charge in [-0.2, -0.15) is 0 Å². The lowest BCUT2D eigenvalue weighted by Gasteiger charge is -2.11. The van der Waals surface area contributed by atoms with Crippen LogP contribution in [-0.4, -0.2) is 35.1 Å². The Bertz CT molecular complexity index is 1430. The number of para-hydroxylation sites is 2. The van der Waals surface area contributed by atoms with Crippen molar-refractivity contribution < 1.29 is 17.9 Å². The van der Waals surface area contributed by atoms with E-state index in [4.69, 9.17) is 4.74 Å². The maximum absolute atomic E-state index is 12.7. The van der Waals surface area contributed by atoms with E-state index in [0.717, 1.165) is 11.8 Å². The predicted molar refractivity (Wildman–Crippen MR) is 127 cm³/mol. The minimum absolute atomic E-state index is 0.0771. The first-order valence-electron chi connectivity index (χ1n) is 10.3. The lowest BCUT2D eigenvalue weighted by atomic mass is 10.1. The van der Waals surface area contributed by atoms with Crippen LogP contribution in [0.15, 0.2) is 60.8 Å². The second-order valence-corrected chi connectivity index (χ2v) is 10.1. The van der Waals surface area contributed by atoms with E-state index in [1.54, 1.807) is 22.8 Å². The van der Waals surface area contributed by atoms with E-state index in [2.05, 4.69) is 15.3 Å². The van der Waals surface area contributed by atoms with Crippen LogP contribution in [0.3, 0.4) is 0 Å². The van der Waals surface area contributed by atoms with Gasteiger partial charge in [-0.05, 0) is 55.3 Å². The van der Waals surface area contributed by atoms with Gasteiger partial charge in [0.05, 0.1) is 22.9 Å². The number of carbonyl (C=O) groups excluding carboxylic acids is 1. The number of anilines is 1. The molecule has 1 N–H and O–H groups in total. The molecule has 2 aromatic carbocycles. The quantitative estimate of drug-likeness (QED) is 0.443. The largest absolute Gasteiger partial charge is 0.439 e. The Balaban J connectivity index is 1.47. The maximum Gasteiger partial charge on any atom is 0.244 e. The normalized spacial score (nSPS) is 11.5. The van der Waals surface area contributed by atoms with Gasteiger partial charge in [-0.15, -0.1) is 0 Å². The highest BCUT2D eigenvalue weighted by Crippen LogP contribution is 2.23. The lowest BCUT2D eigenvalue weighted by molar-refractivity contribution is -0.116. The zero-order valence-electron chi connectivity index (χ0n) is 18.6. The van der Waals surface area contributed by atoms with Gasteiger partial charge in [-0.3, -0.25) is 4.79 Å². The molecule has 0 saturated heterocycles. The SMILES string of the molecule is Cc1ccc(Oc2ccc(NC(=O)Cn3c(CS(C)(=O)=O)nc4ccccc43)cn2)cc1C. The Morgan fingerprint density at radius 1 is 1.06 bits per heavy atom. The number of sulfone groups is 1. The summed E-state index contributed by atoms with van der Waals surface area (Å²) < 4.78 is 31.1. The fourth-order valence-corrected chi connectivity index (χ4v) is 4.09. The predicted octanol–water partition coefficient (Wildman–Crippen LogP) is 4.02. The van der Waals surface area contributed by atoms with Gasteiger partial charge < -0.3 is 14.6 Å². The van der Waals surface area contributed by atoms with Crippen molar-refractivity contribution in [3.05, 3.63) is 77.7 Å². The van der Waals surface area contributed by atoms with Gasteiger partial charge in [0.2, 0.25) is 11.8 Å². The first-order chi connectivity index (χ1) is 15.7. The second kappa shape index (κ2) is 9.03. The number of imidazole rings is 1. The summed E-state index contributed by atoms with van der Waals surface area (Å²) >= 11 is 0. The molecule has 0 fully saturated rings. The summed E-state index contributed by atoms with van der Waals surface area (Å²) in [6.45, 7) is 3.97. The number of hydrogen-bond acceptors (Lipinski definition) is 6. The molecule has 0 atom stereocenters. The van der Waals surface area contributed by atoms with E-state index in [9.17, 15) is 13.2 Å². The lowest BCUT2D eigenvalue weighted by Crippen LogP contribution is -2.21. The summed E-state index contributed by atoms with van der Waals surface area (Å²) in [5.74, 6) is 0.850. The maximum atomic E-state index is 12.7. The van der Waals surface area contributed by atoms with E-state index in [1.165, 1.54) is 11.8 Å². The van der Waals surface area contributed by atoms with Crippen LogP contribution in [0.5, 0.6) is 11.6 Å². The minimum atomic E-state index is -3.32. The third kappa shape index (κ3) is 5.56. The Hall–Kier alpha value is -3.72. The molecule has 0 saturated carbocycles. The van der Waals surface area contributed by atoms with Crippen LogP contribution in [0.2, 0.25) is 0 Å². The smallest absolute Gasteiger partial charge is 0.244 e. The highest BCUT2D eigenvalue weighted by atomic mass is 32.2. The molecule has 170 valence electrons. The molecule has 0 unspecified atom stereocenters. The zero-order chi connectivity index (χ0) is 23.6. The molecule has 33 heavy (non-hydrogen) atoms. The Morgan fingerprint density at radius 3 is 2.55 bits per heavy atom. The van der Waals surface area contributed by atoms with Crippen LogP contribution >= 0.6 is 0 Å². The number of hydrogen-bond donors (Lipinski definition) is 1. The van der Waals surface area contributed by atoms with Crippen molar-refractivity contribution in [1.82, 2.24) is 14.5 Å². The van der Waals surface area contributed by atoms with Gasteiger partial charge in [0.15, 0.2) is 9.84 Å². The number of pyridine rings is 1. The number of rotatable bonds is 7. The number of benzene rings is 2. The Morgan fingerprint density at radius 2 is 1.85 bits per heavy atom. The first-order valence-corrected chi connectivity index (χ1v) is 12.4. The number of nitrogens with zero attached hydrogens (tertiary/aromatic N) is 3. The monoisotopic (exact) mass is 464 g/mol. The van der Waals surface area contributed by atoms with Gasteiger partial charge in [-0.25, -0.2) is 18.4 Å². The topological polar surface area (TPSA) is 103 Å². The van der Waals surface area contributed by atoms with Gasteiger partial charge in [0.1, 0.15) is 23.9 Å². The van der Waals surface area contributed by atoms with Crippen molar-refractivity contribution in [1.29, 1.82) is 0 Å². The summed E-state index contributed by atoms with van der Waals surface area (Å²) in [5.41, 5.74) is 4.14. The van der Waals surface area contributed by atoms with Crippen molar-refractivity contribution in [3.8, 4) is 11.6 Å². The average molecular weight is 465 g/mol. The number of nitrogens with one attached hydrogen (secondary N) is 1. The van der Waals surface area contributed by atoms with Crippen molar-refractivity contribution in [2.45, 2.75) is 26.1 Å². The van der Waals surface area contributed by atoms with E-state index < -0.39 is 9.84 Å². The molecule has 4 aromatic rings. The standard InChI is InChI=1S/C24H24N4O4S/c1-16-8-10-19(12-17(16)2)32-24-11-9-18(13-25-24)26-23(29)14-28-21-7-5-4-6-20(21)27-22(28)15-33(3,30)31/h4-13H,14-15H2,1-3H3,(H,26,29). The van der Waals surface area contributed by atoms with Crippen molar-refractivity contribution in [3.63, 3.8) is 0 Å². The van der Waals surface area contributed by atoms with Crippen LogP contribution in [-0.2, 0) is 26.9 Å². The number of fused-ring (bicyclic) bond motifs is 1. The molecule has 0 radical (unpaired) electrons. The minimum Gasteiger partial charge on any atom is -0.439 e. The van der Waals surface area contributed by atoms with Gasteiger partial charge in [0.25, 0.3) is 0 Å². The molecule has 0 aliphatic carbocycles. The molecule has 0 bridgehead atoms. The number of ether oxygens (including phenoxy) is 1. The second-order valence-electron chi connectivity index (χ2n) is 7.95. The average Bonchev–Trinajstić information content (AvgIpc) is 3.07. The number of carbonyl (C=O) groups is 1. The summed E-state index contributed by atoms with van der Waals surface area (Å²) in [6.07, 6.45) is 2.65. The van der Waals surface area contributed by atoms with Gasteiger partial charge >= 0.3 is 0 Å². The number of aromatic nitrogens is 3. The third-order valence-corrected chi connectivity index (χ3v) is 5.93. The molecular formula is C24H24N4O4S. The fourth-order valence-electron chi connectivity index (χ4n) is 3.40.